The molecule has 1 fully saturated rings. The van der Waals surface area contributed by atoms with Crippen LogP contribution >= 0.6 is 27.5 Å². The zero-order valence-corrected chi connectivity index (χ0v) is 13.1. The van der Waals surface area contributed by atoms with Gasteiger partial charge in [-0.3, -0.25) is 4.79 Å². The van der Waals surface area contributed by atoms with Gasteiger partial charge in [0.05, 0.1) is 11.1 Å². The number of nitrogens with two attached hydrogens (primary N) is 1. The number of nitrogens with zero attached hydrogens (tertiary/aromatic N) is 2. The van der Waals surface area contributed by atoms with E-state index in [0.717, 1.165) is 17.6 Å². The molecule has 1 aliphatic heterocycles. The average molecular weight is 347 g/mol. The van der Waals surface area contributed by atoms with Crippen molar-refractivity contribution >= 4 is 33.4 Å². The fourth-order valence-corrected chi connectivity index (χ4v) is 2.77. The van der Waals surface area contributed by atoms with Crippen LogP contribution in [0.5, 0.6) is 0 Å². The largest absolute Gasteiger partial charge is 0.332 e. The van der Waals surface area contributed by atoms with Gasteiger partial charge < -0.3 is 15.5 Å². The molecular formula is C13H17BrClN3O. The van der Waals surface area contributed by atoms with Crippen LogP contribution in [-0.2, 0) is 0 Å². The Labute approximate surface area is 126 Å². The maximum atomic E-state index is 12.5. The van der Waals surface area contributed by atoms with E-state index < -0.39 is 0 Å². The van der Waals surface area contributed by atoms with Gasteiger partial charge in [0.1, 0.15) is 0 Å². The smallest absolute Gasteiger partial charge is 0.254 e. The first kappa shape index (κ1) is 14.8. The first-order valence-electron chi connectivity index (χ1n) is 6.17. The molecular weight excluding hydrogens is 330 g/mol. The van der Waals surface area contributed by atoms with Crippen molar-refractivity contribution in [3.8, 4) is 0 Å². The normalized spacial score (nSPS) is 20.6. The van der Waals surface area contributed by atoms with Crippen molar-refractivity contribution in [3.05, 3.63) is 33.3 Å². The number of hydrogen-bond acceptors (Lipinski definition) is 3. The summed E-state index contributed by atoms with van der Waals surface area (Å²) < 4.78 is 0.735. The van der Waals surface area contributed by atoms with E-state index in [1.54, 1.807) is 18.2 Å². The van der Waals surface area contributed by atoms with E-state index in [0.29, 0.717) is 23.7 Å². The number of rotatable bonds is 2. The van der Waals surface area contributed by atoms with Crippen LogP contribution in [0.1, 0.15) is 10.4 Å². The second-order valence-electron chi connectivity index (χ2n) is 4.78. The summed E-state index contributed by atoms with van der Waals surface area (Å²) in [6, 6.07) is 5.31. The molecule has 0 aromatic heterocycles. The van der Waals surface area contributed by atoms with Crippen LogP contribution in [0.4, 0.5) is 0 Å². The third kappa shape index (κ3) is 3.28. The van der Waals surface area contributed by atoms with Gasteiger partial charge in [-0.05, 0) is 41.2 Å². The highest BCUT2D eigenvalue weighted by Gasteiger charge is 2.28. The average Bonchev–Trinajstić information content (AvgIpc) is 2.41. The first-order valence-corrected chi connectivity index (χ1v) is 7.34. The van der Waals surface area contributed by atoms with Gasteiger partial charge in [0.25, 0.3) is 5.91 Å². The maximum absolute atomic E-state index is 12.5. The molecule has 1 aromatic rings. The zero-order chi connectivity index (χ0) is 14.0. The molecule has 0 aliphatic carbocycles. The lowest BCUT2D eigenvalue weighted by molar-refractivity contribution is 0.0516. The highest BCUT2D eigenvalue weighted by atomic mass is 79.9. The number of amides is 1. The summed E-state index contributed by atoms with van der Waals surface area (Å²) in [4.78, 5) is 16.6. The topological polar surface area (TPSA) is 49.6 Å². The molecule has 1 aromatic carbocycles. The van der Waals surface area contributed by atoms with E-state index in [1.165, 1.54) is 0 Å². The van der Waals surface area contributed by atoms with Crippen LogP contribution in [0.25, 0.3) is 0 Å². The second kappa shape index (κ2) is 6.22. The Hall–Kier alpha value is -0.620. The Balaban J connectivity index is 2.20. The lowest BCUT2D eigenvalue weighted by Gasteiger charge is -2.39. The van der Waals surface area contributed by atoms with Crippen LogP contribution < -0.4 is 5.73 Å². The van der Waals surface area contributed by atoms with Crippen molar-refractivity contribution in [2.24, 2.45) is 5.73 Å². The van der Waals surface area contributed by atoms with Crippen LogP contribution in [0.2, 0.25) is 5.02 Å². The second-order valence-corrected chi connectivity index (χ2v) is 6.04. The summed E-state index contributed by atoms with van der Waals surface area (Å²) in [5.41, 5.74) is 6.41. The zero-order valence-electron chi connectivity index (χ0n) is 10.8. The Morgan fingerprint density at radius 2 is 2.26 bits per heavy atom. The predicted molar refractivity (Wildman–Crippen MR) is 80.5 cm³/mol. The molecule has 0 saturated carbocycles. The van der Waals surface area contributed by atoms with Crippen molar-refractivity contribution in [1.82, 2.24) is 9.80 Å². The van der Waals surface area contributed by atoms with Crippen LogP contribution in [0.15, 0.2) is 22.7 Å². The van der Waals surface area contributed by atoms with Crippen LogP contribution in [-0.4, -0.2) is 55.0 Å². The fraction of sp³-hybridized carbons (Fsp3) is 0.462. The molecule has 0 radical (unpaired) electrons. The van der Waals surface area contributed by atoms with Gasteiger partial charge in [0.15, 0.2) is 0 Å². The number of carbonyl (C=O) groups excluding carboxylic acids is 1. The molecule has 2 N–H and O–H groups in total. The molecule has 1 amide bonds. The fourth-order valence-electron chi connectivity index (χ4n) is 2.27. The van der Waals surface area contributed by atoms with Crippen LogP contribution in [0.3, 0.4) is 0 Å². The lowest BCUT2D eigenvalue weighted by Crippen LogP contribution is -2.56. The van der Waals surface area contributed by atoms with Crippen molar-refractivity contribution in [1.29, 1.82) is 0 Å². The molecule has 1 unspecified atom stereocenters. The number of likely N-dealkylation sites (N-methyl/N-ethyl adjacent to an activating group) is 1. The van der Waals surface area contributed by atoms with Crippen LogP contribution in [0, 0.1) is 0 Å². The summed E-state index contributed by atoms with van der Waals surface area (Å²) in [6.07, 6.45) is 0. The summed E-state index contributed by atoms with van der Waals surface area (Å²) in [7, 11) is 2.04. The van der Waals surface area contributed by atoms with Gasteiger partial charge in [0.2, 0.25) is 0 Å². The molecule has 0 bridgehead atoms. The van der Waals surface area contributed by atoms with E-state index in [9.17, 15) is 4.79 Å². The Morgan fingerprint density at radius 3 is 2.89 bits per heavy atom. The van der Waals surface area contributed by atoms with Crippen molar-refractivity contribution in [2.45, 2.75) is 6.04 Å². The molecule has 2 rings (SSSR count). The number of piperazine rings is 1. The maximum Gasteiger partial charge on any atom is 0.254 e. The molecule has 0 spiro atoms. The highest BCUT2D eigenvalue weighted by molar-refractivity contribution is 9.10. The first-order chi connectivity index (χ1) is 9.02. The molecule has 104 valence electrons. The van der Waals surface area contributed by atoms with E-state index in [-0.39, 0.29) is 11.9 Å². The molecule has 1 atom stereocenters. The Morgan fingerprint density at radius 1 is 1.53 bits per heavy atom. The highest BCUT2D eigenvalue weighted by Crippen LogP contribution is 2.24. The SMILES string of the molecule is CN1CCN(C(=O)c2ccc(Cl)c(Br)c2)C(CN)C1. The molecule has 1 saturated heterocycles. The quantitative estimate of drug-likeness (QED) is 0.888. The van der Waals surface area contributed by atoms with Crippen molar-refractivity contribution in [2.75, 3.05) is 33.2 Å². The summed E-state index contributed by atoms with van der Waals surface area (Å²) >= 11 is 9.29. The van der Waals surface area contributed by atoms with E-state index >= 15 is 0 Å². The minimum absolute atomic E-state index is 0.0147. The van der Waals surface area contributed by atoms with Gasteiger partial charge in [-0.2, -0.15) is 0 Å². The summed E-state index contributed by atoms with van der Waals surface area (Å²) in [5.74, 6) is 0.0147. The molecule has 1 aliphatic rings. The third-order valence-electron chi connectivity index (χ3n) is 3.39. The number of benzene rings is 1. The molecule has 4 nitrogen and oxygen atoms in total. The minimum atomic E-state index is 0.0147. The van der Waals surface area contributed by atoms with E-state index in [2.05, 4.69) is 20.8 Å². The minimum Gasteiger partial charge on any atom is -0.332 e. The van der Waals surface area contributed by atoms with E-state index in [4.69, 9.17) is 17.3 Å². The van der Waals surface area contributed by atoms with Gasteiger partial charge in [0, 0.05) is 36.2 Å². The Kier molecular flexibility index (Phi) is 4.84. The molecule has 1 heterocycles. The number of hydrogen-bond donors (Lipinski definition) is 1. The summed E-state index contributed by atoms with van der Waals surface area (Å²) in [6.45, 7) is 2.87. The Bertz CT molecular complexity index is 483. The number of halogens is 2. The van der Waals surface area contributed by atoms with Gasteiger partial charge in [-0.15, -0.1) is 0 Å². The van der Waals surface area contributed by atoms with E-state index in [1.807, 2.05) is 11.9 Å². The van der Waals surface area contributed by atoms with Gasteiger partial charge in [-0.25, -0.2) is 0 Å². The van der Waals surface area contributed by atoms with Gasteiger partial charge >= 0.3 is 0 Å². The third-order valence-corrected chi connectivity index (χ3v) is 4.60. The van der Waals surface area contributed by atoms with Crippen molar-refractivity contribution in [3.63, 3.8) is 0 Å². The molecule has 19 heavy (non-hydrogen) atoms. The standard InChI is InChI=1S/C13H17BrClN3O/c1-17-4-5-18(10(7-16)8-17)13(19)9-2-3-12(15)11(14)6-9/h2-3,6,10H,4-5,7-8,16H2,1H3. The summed E-state index contributed by atoms with van der Waals surface area (Å²) in [5, 5.41) is 0.602. The number of carbonyl (C=O) groups is 1. The lowest BCUT2D eigenvalue weighted by atomic mass is 10.1. The van der Waals surface area contributed by atoms with Gasteiger partial charge in [-0.1, -0.05) is 11.6 Å². The monoisotopic (exact) mass is 345 g/mol. The predicted octanol–water partition coefficient (Wildman–Crippen LogP) is 1.82. The molecule has 6 heteroatoms. The van der Waals surface area contributed by atoms with Crippen molar-refractivity contribution < 1.29 is 4.79 Å².